The van der Waals surface area contributed by atoms with Gasteiger partial charge in [0.05, 0.1) is 12.8 Å². The summed E-state index contributed by atoms with van der Waals surface area (Å²) >= 11 is 0. The van der Waals surface area contributed by atoms with Crippen LogP contribution in [-0.4, -0.2) is 35.2 Å². The molecule has 0 spiro atoms. The Morgan fingerprint density at radius 1 is 1.48 bits per heavy atom. The molecule has 21 heavy (non-hydrogen) atoms. The number of methoxy groups -OCH3 is 1. The van der Waals surface area contributed by atoms with Crippen LogP contribution in [0.15, 0.2) is 0 Å². The molecular weight excluding hydrogens is 266 g/mol. The zero-order chi connectivity index (χ0) is 15.6. The molecule has 0 bridgehead atoms. The number of hydrogen-bond acceptors (Lipinski definition) is 4. The second-order valence-corrected chi connectivity index (χ2v) is 6.26. The van der Waals surface area contributed by atoms with E-state index in [1.165, 1.54) is 31.3 Å². The highest BCUT2D eigenvalue weighted by Gasteiger charge is 2.35. The fourth-order valence-corrected chi connectivity index (χ4v) is 3.48. The van der Waals surface area contributed by atoms with Crippen molar-refractivity contribution in [3.8, 4) is 0 Å². The van der Waals surface area contributed by atoms with E-state index in [-0.39, 0.29) is 12.0 Å². The van der Waals surface area contributed by atoms with E-state index in [4.69, 9.17) is 9.72 Å². The lowest BCUT2D eigenvalue weighted by atomic mass is 9.93. The van der Waals surface area contributed by atoms with Gasteiger partial charge in [-0.15, -0.1) is 0 Å². The van der Waals surface area contributed by atoms with E-state index in [1.807, 2.05) is 6.92 Å². The summed E-state index contributed by atoms with van der Waals surface area (Å²) in [6.45, 7) is 6.11. The second kappa shape index (κ2) is 6.18. The minimum absolute atomic E-state index is 0.205. The quantitative estimate of drug-likeness (QED) is 0.845. The Bertz CT molecular complexity index is 524. The minimum atomic E-state index is -0.674. The summed E-state index contributed by atoms with van der Waals surface area (Å²) in [5, 5.41) is 3.11. The Labute approximate surface area is 127 Å². The molecule has 1 aromatic heterocycles. The SMILES string of the molecule is CNC(C)(CC(C)n1c(C)nc2c1CCCC2)C(=O)OC. The molecule has 2 unspecified atom stereocenters. The van der Waals surface area contributed by atoms with Gasteiger partial charge < -0.3 is 14.6 Å². The van der Waals surface area contributed by atoms with Crippen molar-refractivity contribution >= 4 is 5.97 Å². The summed E-state index contributed by atoms with van der Waals surface area (Å²) in [7, 11) is 3.24. The van der Waals surface area contributed by atoms with E-state index in [0.717, 1.165) is 18.7 Å². The molecule has 0 aliphatic heterocycles. The van der Waals surface area contributed by atoms with Gasteiger partial charge in [0.15, 0.2) is 0 Å². The predicted molar refractivity (Wildman–Crippen MR) is 82.4 cm³/mol. The molecule has 5 heteroatoms. The van der Waals surface area contributed by atoms with Gasteiger partial charge in [-0.2, -0.15) is 0 Å². The molecule has 0 aromatic carbocycles. The number of carbonyl (C=O) groups excluding carboxylic acids is 1. The highest BCUT2D eigenvalue weighted by atomic mass is 16.5. The lowest BCUT2D eigenvalue weighted by molar-refractivity contribution is -0.148. The van der Waals surface area contributed by atoms with Crippen molar-refractivity contribution in [1.29, 1.82) is 0 Å². The lowest BCUT2D eigenvalue weighted by Gasteiger charge is -2.31. The van der Waals surface area contributed by atoms with Crippen LogP contribution in [0.25, 0.3) is 0 Å². The Morgan fingerprint density at radius 2 is 2.14 bits per heavy atom. The van der Waals surface area contributed by atoms with E-state index in [2.05, 4.69) is 23.7 Å². The summed E-state index contributed by atoms with van der Waals surface area (Å²) < 4.78 is 7.25. The Morgan fingerprint density at radius 3 is 2.76 bits per heavy atom. The Balaban J connectivity index is 2.26. The van der Waals surface area contributed by atoms with Crippen molar-refractivity contribution in [3.05, 3.63) is 17.2 Å². The van der Waals surface area contributed by atoms with Gasteiger partial charge in [0.2, 0.25) is 0 Å². The topological polar surface area (TPSA) is 56.2 Å². The number of nitrogens with zero attached hydrogens (tertiary/aromatic N) is 2. The average Bonchev–Trinajstić information content (AvgIpc) is 2.81. The summed E-state index contributed by atoms with van der Waals surface area (Å²) in [6, 6.07) is 0.205. The highest BCUT2D eigenvalue weighted by Crippen LogP contribution is 2.29. The molecule has 0 saturated carbocycles. The molecule has 0 saturated heterocycles. The molecule has 1 aromatic rings. The summed E-state index contributed by atoms with van der Waals surface area (Å²) in [4.78, 5) is 16.8. The monoisotopic (exact) mass is 293 g/mol. The van der Waals surface area contributed by atoms with Gasteiger partial charge in [-0.25, -0.2) is 4.98 Å². The third-order valence-corrected chi connectivity index (χ3v) is 4.68. The number of aromatic nitrogens is 2. The van der Waals surface area contributed by atoms with Crippen molar-refractivity contribution in [2.75, 3.05) is 14.2 Å². The van der Waals surface area contributed by atoms with Gasteiger partial charge in [-0.1, -0.05) is 0 Å². The van der Waals surface area contributed by atoms with Crippen LogP contribution in [0, 0.1) is 6.92 Å². The standard InChI is InChI=1S/C16H27N3O2/c1-11(10-16(3,17-4)15(20)21-5)19-12(2)18-13-8-6-7-9-14(13)19/h11,17H,6-10H2,1-5H3. The maximum atomic E-state index is 12.0. The normalized spacial score (nSPS) is 18.7. The van der Waals surface area contributed by atoms with Crippen LogP contribution >= 0.6 is 0 Å². The number of imidazole rings is 1. The van der Waals surface area contributed by atoms with Crippen LogP contribution in [0.4, 0.5) is 0 Å². The van der Waals surface area contributed by atoms with Crippen molar-refractivity contribution in [3.63, 3.8) is 0 Å². The number of ether oxygens (including phenoxy) is 1. The van der Waals surface area contributed by atoms with Gasteiger partial charge in [-0.3, -0.25) is 4.79 Å². The molecule has 5 nitrogen and oxygen atoms in total. The number of esters is 1. The maximum absolute atomic E-state index is 12.0. The van der Waals surface area contributed by atoms with Gasteiger partial charge in [-0.05, 0) is 59.9 Å². The fraction of sp³-hybridized carbons (Fsp3) is 0.750. The molecule has 1 N–H and O–H groups in total. The van der Waals surface area contributed by atoms with Crippen molar-refractivity contribution < 1.29 is 9.53 Å². The number of aryl methyl sites for hydroxylation is 2. The fourth-order valence-electron chi connectivity index (χ4n) is 3.48. The van der Waals surface area contributed by atoms with Crippen LogP contribution in [0.5, 0.6) is 0 Å². The van der Waals surface area contributed by atoms with Gasteiger partial charge in [0, 0.05) is 11.7 Å². The summed E-state index contributed by atoms with van der Waals surface area (Å²) in [5.74, 6) is 0.834. The molecule has 0 radical (unpaired) electrons. The first-order valence-electron chi connectivity index (χ1n) is 7.77. The van der Waals surface area contributed by atoms with E-state index in [1.54, 1.807) is 7.05 Å². The minimum Gasteiger partial charge on any atom is -0.468 e. The third kappa shape index (κ3) is 2.98. The first-order chi connectivity index (χ1) is 9.92. The van der Waals surface area contributed by atoms with E-state index in [9.17, 15) is 4.79 Å². The third-order valence-electron chi connectivity index (χ3n) is 4.68. The molecule has 2 atom stereocenters. The molecule has 1 heterocycles. The number of likely N-dealkylation sites (N-methyl/N-ethyl adjacent to an activating group) is 1. The number of nitrogens with one attached hydrogen (secondary N) is 1. The highest BCUT2D eigenvalue weighted by molar-refractivity contribution is 5.80. The van der Waals surface area contributed by atoms with Crippen molar-refractivity contribution in [1.82, 2.24) is 14.9 Å². The average molecular weight is 293 g/mol. The van der Waals surface area contributed by atoms with E-state index in [0.29, 0.717) is 6.42 Å². The molecule has 0 fully saturated rings. The summed E-state index contributed by atoms with van der Waals surface area (Å²) in [5.41, 5.74) is 1.93. The second-order valence-electron chi connectivity index (χ2n) is 6.26. The zero-order valence-corrected chi connectivity index (χ0v) is 13.8. The number of hydrogen-bond donors (Lipinski definition) is 1. The van der Waals surface area contributed by atoms with Crippen LogP contribution in [0.1, 0.15) is 56.4 Å². The van der Waals surface area contributed by atoms with Gasteiger partial charge in [0.1, 0.15) is 11.4 Å². The Hall–Kier alpha value is -1.36. The van der Waals surface area contributed by atoms with Crippen LogP contribution in [0.3, 0.4) is 0 Å². The van der Waals surface area contributed by atoms with Crippen molar-refractivity contribution in [2.24, 2.45) is 0 Å². The maximum Gasteiger partial charge on any atom is 0.325 e. The van der Waals surface area contributed by atoms with Crippen LogP contribution in [0.2, 0.25) is 0 Å². The zero-order valence-electron chi connectivity index (χ0n) is 13.8. The molecule has 118 valence electrons. The first-order valence-corrected chi connectivity index (χ1v) is 7.77. The molecular formula is C16H27N3O2. The Kier molecular flexibility index (Phi) is 4.71. The lowest BCUT2D eigenvalue weighted by Crippen LogP contribution is -2.49. The number of carbonyl (C=O) groups is 1. The van der Waals surface area contributed by atoms with Gasteiger partial charge in [0.25, 0.3) is 0 Å². The van der Waals surface area contributed by atoms with Gasteiger partial charge >= 0.3 is 5.97 Å². The summed E-state index contributed by atoms with van der Waals surface area (Å²) in [6.07, 6.45) is 5.31. The molecule has 1 aliphatic carbocycles. The molecule has 2 rings (SSSR count). The molecule has 1 aliphatic rings. The number of rotatable bonds is 5. The van der Waals surface area contributed by atoms with Crippen molar-refractivity contribution in [2.45, 2.75) is 64.5 Å². The van der Waals surface area contributed by atoms with Crippen LogP contribution < -0.4 is 5.32 Å². The van der Waals surface area contributed by atoms with Crippen LogP contribution in [-0.2, 0) is 22.4 Å². The van der Waals surface area contributed by atoms with E-state index < -0.39 is 5.54 Å². The number of fused-ring (bicyclic) bond motifs is 1. The predicted octanol–water partition coefficient (Wildman–Crippen LogP) is 2.17. The van der Waals surface area contributed by atoms with E-state index >= 15 is 0 Å². The first kappa shape index (κ1) is 16.0. The molecule has 0 amide bonds. The smallest absolute Gasteiger partial charge is 0.325 e. The largest absolute Gasteiger partial charge is 0.468 e.